The number of nitriles is 3. The smallest absolute Gasteiger partial charge is 0.101 e. The molecule has 11 rings (SSSR count). The number of rotatable bonds is 4. The molecule has 0 radical (unpaired) electrons. The minimum atomic E-state index is 0.559. The number of fused-ring (bicyclic) bond motifs is 9. The minimum Gasteiger partial charge on any atom is -0.308 e. The van der Waals surface area contributed by atoms with E-state index < -0.39 is 0 Å². The molecule has 0 aliphatic heterocycles. The van der Waals surface area contributed by atoms with Gasteiger partial charge in [0.05, 0.1) is 73.3 Å². The highest BCUT2D eigenvalue weighted by Gasteiger charge is 2.21. The molecular weight excluding hydrogens is 697 g/mol. The summed E-state index contributed by atoms with van der Waals surface area (Å²) in [6.07, 6.45) is 0. The molecule has 0 amide bonds. The van der Waals surface area contributed by atoms with Gasteiger partial charge in [-0.05, 0) is 96.1 Å². The van der Waals surface area contributed by atoms with Crippen LogP contribution in [0.15, 0.2) is 170 Å². The molecule has 0 fully saturated rings. The number of para-hydroxylation sites is 4. The van der Waals surface area contributed by atoms with Crippen LogP contribution in [0.4, 0.5) is 0 Å². The average molecular weight is 725 g/mol. The fourth-order valence-electron chi connectivity index (χ4n) is 8.86. The Balaban J connectivity index is 1.07. The van der Waals surface area contributed by atoms with Crippen LogP contribution in [0.2, 0.25) is 0 Å². The highest BCUT2D eigenvalue weighted by atomic mass is 15.1. The van der Waals surface area contributed by atoms with Gasteiger partial charge in [-0.1, -0.05) is 84.9 Å². The van der Waals surface area contributed by atoms with E-state index in [2.05, 4.69) is 141 Å². The Morgan fingerprint density at radius 3 is 1.40 bits per heavy atom. The molecule has 3 aromatic heterocycles. The first-order chi connectivity index (χ1) is 28.1. The fourth-order valence-corrected chi connectivity index (χ4v) is 8.86. The van der Waals surface area contributed by atoms with Crippen molar-refractivity contribution in [2.45, 2.75) is 0 Å². The summed E-state index contributed by atoms with van der Waals surface area (Å²) in [5.74, 6) is 0. The van der Waals surface area contributed by atoms with Crippen molar-refractivity contribution in [1.29, 1.82) is 15.8 Å². The first kappa shape index (κ1) is 32.1. The summed E-state index contributed by atoms with van der Waals surface area (Å²) < 4.78 is 6.79. The third-order valence-corrected chi connectivity index (χ3v) is 11.3. The van der Waals surface area contributed by atoms with E-state index in [1.54, 1.807) is 0 Å². The maximum absolute atomic E-state index is 10.5. The summed E-state index contributed by atoms with van der Waals surface area (Å²) in [4.78, 5) is 0. The van der Waals surface area contributed by atoms with E-state index in [-0.39, 0.29) is 0 Å². The molecule has 3 heterocycles. The maximum Gasteiger partial charge on any atom is 0.101 e. The third-order valence-electron chi connectivity index (χ3n) is 11.3. The van der Waals surface area contributed by atoms with Gasteiger partial charge in [0, 0.05) is 38.0 Å². The van der Waals surface area contributed by atoms with Crippen LogP contribution in [-0.2, 0) is 0 Å². The highest BCUT2D eigenvalue weighted by molar-refractivity contribution is 6.15. The lowest BCUT2D eigenvalue weighted by Crippen LogP contribution is -2.01. The number of aromatic nitrogens is 3. The number of nitrogens with zero attached hydrogens (tertiary/aromatic N) is 6. The molecule has 0 saturated carbocycles. The van der Waals surface area contributed by atoms with Crippen LogP contribution in [-0.4, -0.2) is 13.7 Å². The van der Waals surface area contributed by atoms with Gasteiger partial charge in [-0.15, -0.1) is 0 Å². The number of benzene rings is 8. The lowest BCUT2D eigenvalue weighted by molar-refractivity contribution is 1.13. The van der Waals surface area contributed by atoms with Crippen molar-refractivity contribution in [3.05, 3.63) is 187 Å². The summed E-state index contributed by atoms with van der Waals surface area (Å²) >= 11 is 0. The molecule has 0 saturated heterocycles. The Morgan fingerprint density at radius 2 is 0.825 bits per heavy atom. The van der Waals surface area contributed by atoms with E-state index >= 15 is 0 Å². The van der Waals surface area contributed by atoms with Gasteiger partial charge >= 0.3 is 0 Å². The Labute approximate surface area is 326 Å². The zero-order valence-corrected chi connectivity index (χ0v) is 30.3. The molecule has 8 aromatic carbocycles. The minimum absolute atomic E-state index is 0.559. The maximum atomic E-state index is 10.5. The molecule has 0 aliphatic carbocycles. The SMILES string of the molecule is N#Cc1ccc2c(c1)c1ccccc1n2-c1ccc(-c2ccc(-n3c4ccccc4c4cccc(-n5c6ccccc6c6cc(C#N)ccc65)c43)cc2)cc1C#N. The molecule has 0 unspecified atom stereocenters. The molecular formula is C51H28N6. The standard InChI is InChI=1S/C51H28N6/c52-29-32-16-23-48-42(26-32)39-9-2-5-13-46(39)56(48)44-25-20-35(28-36(44)31-54)34-18-21-37(22-19-34)55-45-12-4-1-8-38(45)41-11-7-15-50(51(41)55)57-47-14-6-3-10-40(47)43-27-33(30-53)17-24-49(43)57/h1-28H. The second kappa shape index (κ2) is 12.3. The fraction of sp³-hybridized carbons (Fsp3) is 0. The topological polar surface area (TPSA) is 86.2 Å². The summed E-state index contributed by atoms with van der Waals surface area (Å²) in [5.41, 5.74) is 12.8. The van der Waals surface area contributed by atoms with Crippen molar-refractivity contribution < 1.29 is 0 Å². The predicted octanol–water partition coefficient (Wildman–Crippen LogP) is 12.3. The quantitative estimate of drug-likeness (QED) is 0.181. The van der Waals surface area contributed by atoms with Crippen LogP contribution in [0.5, 0.6) is 0 Å². The van der Waals surface area contributed by atoms with Gasteiger partial charge in [0.1, 0.15) is 6.07 Å². The number of hydrogen-bond donors (Lipinski definition) is 0. The van der Waals surface area contributed by atoms with Crippen LogP contribution in [0.3, 0.4) is 0 Å². The number of hydrogen-bond acceptors (Lipinski definition) is 3. The van der Waals surface area contributed by atoms with Gasteiger partial charge < -0.3 is 13.7 Å². The second-order valence-electron chi connectivity index (χ2n) is 14.3. The molecule has 6 nitrogen and oxygen atoms in total. The van der Waals surface area contributed by atoms with E-state index in [0.717, 1.165) is 93.6 Å². The highest BCUT2D eigenvalue weighted by Crippen LogP contribution is 2.40. The average Bonchev–Trinajstić information content (AvgIpc) is 3.91. The van der Waals surface area contributed by atoms with Gasteiger partial charge in [-0.25, -0.2) is 0 Å². The van der Waals surface area contributed by atoms with Crippen molar-refractivity contribution in [3.8, 4) is 46.4 Å². The van der Waals surface area contributed by atoms with E-state index in [0.29, 0.717) is 16.7 Å². The summed E-state index contributed by atoms with van der Waals surface area (Å²) in [6.45, 7) is 0. The summed E-state index contributed by atoms with van der Waals surface area (Å²) in [7, 11) is 0. The largest absolute Gasteiger partial charge is 0.308 e. The Kier molecular flexibility index (Phi) is 6.95. The molecule has 0 atom stereocenters. The molecule has 11 aromatic rings. The molecule has 262 valence electrons. The monoisotopic (exact) mass is 724 g/mol. The lowest BCUT2D eigenvalue weighted by atomic mass is 10.0. The molecule has 0 spiro atoms. The summed E-state index contributed by atoms with van der Waals surface area (Å²) in [5, 5.41) is 36.3. The van der Waals surface area contributed by atoms with E-state index in [1.807, 2.05) is 60.7 Å². The van der Waals surface area contributed by atoms with Gasteiger partial charge in [0.15, 0.2) is 0 Å². The van der Waals surface area contributed by atoms with Crippen molar-refractivity contribution in [3.63, 3.8) is 0 Å². The van der Waals surface area contributed by atoms with Crippen LogP contribution >= 0.6 is 0 Å². The third kappa shape index (κ3) is 4.68. The summed E-state index contributed by atoms with van der Waals surface area (Å²) in [6, 6.07) is 64.9. The zero-order valence-electron chi connectivity index (χ0n) is 30.3. The first-order valence-electron chi connectivity index (χ1n) is 18.7. The lowest BCUT2D eigenvalue weighted by Gasteiger charge is -2.15. The molecule has 0 bridgehead atoms. The van der Waals surface area contributed by atoms with Crippen molar-refractivity contribution in [2.24, 2.45) is 0 Å². The normalized spacial score (nSPS) is 11.5. The van der Waals surface area contributed by atoms with Crippen molar-refractivity contribution in [1.82, 2.24) is 13.7 Å². The van der Waals surface area contributed by atoms with Gasteiger partial charge in [-0.2, -0.15) is 15.8 Å². The Morgan fingerprint density at radius 1 is 0.333 bits per heavy atom. The van der Waals surface area contributed by atoms with Crippen LogP contribution < -0.4 is 0 Å². The molecule has 6 heteroatoms. The van der Waals surface area contributed by atoms with Gasteiger partial charge in [0.2, 0.25) is 0 Å². The van der Waals surface area contributed by atoms with E-state index in [9.17, 15) is 15.8 Å². The van der Waals surface area contributed by atoms with Gasteiger partial charge in [-0.3, -0.25) is 0 Å². The van der Waals surface area contributed by atoms with Crippen molar-refractivity contribution in [2.75, 3.05) is 0 Å². The Bertz CT molecular complexity index is 3610. The van der Waals surface area contributed by atoms with E-state index in [4.69, 9.17) is 0 Å². The molecule has 0 N–H and O–H groups in total. The second-order valence-corrected chi connectivity index (χ2v) is 14.3. The molecule has 0 aliphatic rings. The Hall–Kier alpha value is -8.37. The van der Waals surface area contributed by atoms with Crippen molar-refractivity contribution >= 4 is 65.4 Å². The van der Waals surface area contributed by atoms with Crippen LogP contribution in [0, 0.1) is 34.0 Å². The van der Waals surface area contributed by atoms with Crippen LogP contribution in [0.1, 0.15) is 16.7 Å². The molecule has 57 heavy (non-hydrogen) atoms. The van der Waals surface area contributed by atoms with Crippen LogP contribution in [0.25, 0.3) is 93.6 Å². The zero-order chi connectivity index (χ0) is 38.2. The first-order valence-corrected chi connectivity index (χ1v) is 18.7. The van der Waals surface area contributed by atoms with Gasteiger partial charge in [0.25, 0.3) is 0 Å². The predicted molar refractivity (Wildman–Crippen MR) is 229 cm³/mol. The van der Waals surface area contributed by atoms with E-state index in [1.165, 1.54) is 0 Å².